The highest BCUT2D eigenvalue weighted by atomic mass is 16.2. The Kier molecular flexibility index (Phi) is 6.37. The smallest absolute Gasteiger partial charge is 0.350 e. The van der Waals surface area contributed by atoms with E-state index in [4.69, 9.17) is 0 Å². The van der Waals surface area contributed by atoms with Crippen molar-refractivity contribution in [2.45, 2.75) is 32.4 Å². The first-order valence-electron chi connectivity index (χ1n) is 11.0. The van der Waals surface area contributed by atoms with Crippen LogP contribution >= 0.6 is 0 Å². The Morgan fingerprint density at radius 2 is 1.78 bits per heavy atom. The summed E-state index contributed by atoms with van der Waals surface area (Å²) >= 11 is 0. The number of amides is 1. The van der Waals surface area contributed by atoms with Gasteiger partial charge in [0.05, 0.1) is 11.7 Å². The van der Waals surface area contributed by atoms with Crippen LogP contribution in [0.3, 0.4) is 0 Å². The first-order chi connectivity index (χ1) is 15.5. The van der Waals surface area contributed by atoms with Crippen LogP contribution in [-0.2, 0) is 4.79 Å². The number of rotatable bonds is 6. The molecule has 1 unspecified atom stereocenters. The molecule has 0 spiro atoms. The second kappa shape index (κ2) is 9.36. The monoisotopic (exact) mass is 431 g/mol. The fourth-order valence-corrected chi connectivity index (χ4v) is 4.17. The summed E-state index contributed by atoms with van der Waals surface area (Å²) in [5, 5.41) is 7.00. The molecule has 0 aliphatic carbocycles. The Labute approximate surface area is 188 Å². The van der Waals surface area contributed by atoms with Gasteiger partial charge in [-0.1, -0.05) is 48.5 Å². The van der Waals surface area contributed by atoms with Crippen LogP contribution in [0.25, 0.3) is 11.3 Å². The zero-order chi connectivity index (χ0) is 22.7. The van der Waals surface area contributed by atoms with Crippen molar-refractivity contribution in [3.05, 3.63) is 88.6 Å². The molecule has 2 heterocycles. The van der Waals surface area contributed by atoms with E-state index >= 15 is 0 Å². The highest BCUT2D eigenvalue weighted by Gasteiger charge is 2.28. The van der Waals surface area contributed by atoms with Gasteiger partial charge in [0.15, 0.2) is 0 Å². The number of carbonyl (C=O) groups is 1. The number of aromatic nitrogens is 3. The van der Waals surface area contributed by atoms with Crippen molar-refractivity contribution in [1.29, 1.82) is 0 Å². The van der Waals surface area contributed by atoms with Gasteiger partial charge in [-0.05, 0) is 49.1 Å². The van der Waals surface area contributed by atoms with Crippen LogP contribution < -0.4 is 11.0 Å². The van der Waals surface area contributed by atoms with Crippen LogP contribution in [0.4, 0.5) is 0 Å². The molecule has 32 heavy (non-hydrogen) atoms. The van der Waals surface area contributed by atoms with Gasteiger partial charge >= 0.3 is 5.69 Å². The molecule has 0 radical (unpaired) electrons. The first-order valence-corrected chi connectivity index (χ1v) is 11.0. The van der Waals surface area contributed by atoms with Crippen molar-refractivity contribution in [3.63, 3.8) is 0 Å². The van der Waals surface area contributed by atoms with Gasteiger partial charge in [-0.25, -0.2) is 14.0 Å². The van der Waals surface area contributed by atoms with E-state index in [9.17, 15) is 9.59 Å². The highest BCUT2D eigenvalue weighted by molar-refractivity contribution is 5.83. The molecule has 1 amide bonds. The van der Waals surface area contributed by atoms with Crippen molar-refractivity contribution >= 4 is 11.5 Å². The number of benzene rings is 2. The van der Waals surface area contributed by atoms with Crippen molar-refractivity contribution in [3.8, 4) is 5.69 Å². The molecule has 3 aromatic rings. The average Bonchev–Trinajstić information content (AvgIpc) is 3.22. The summed E-state index contributed by atoms with van der Waals surface area (Å²) in [6.07, 6.45) is 4.61. The molecule has 0 saturated carbocycles. The zero-order valence-corrected chi connectivity index (χ0v) is 18.7. The molecular weight excluding hydrogens is 402 g/mol. The first kappa shape index (κ1) is 21.8. The van der Waals surface area contributed by atoms with Crippen molar-refractivity contribution < 1.29 is 4.79 Å². The third kappa shape index (κ3) is 4.29. The normalized spacial score (nSPS) is 15.4. The van der Waals surface area contributed by atoms with Gasteiger partial charge in [0.25, 0.3) is 0 Å². The molecule has 0 fully saturated rings. The Bertz CT molecular complexity index is 1160. The van der Waals surface area contributed by atoms with E-state index < -0.39 is 0 Å². The molecular formula is C25H29N5O2. The van der Waals surface area contributed by atoms with Gasteiger partial charge in [-0.15, -0.1) is 0 Å². The summed E-state index contributed by atoms with van der Waals surface area (Å²) in [6, 6.07) is 17.6. The van der Waals surface area contributed by atoms with Gasteiger partial charge in [0.2, 0.25) is 5.91 Å². The molecule has 7 heteroatoms. The number of nitrogens with zero attached hydrogens (tertiary/aromatic N) is 4. The zero-order valence-electron chi connectivity index (χ0n) is 18.7. The van der Waals surface area contributed by atoms with Crippen LogP contribution in [0, 0.1) is 0 Å². The Morgan fingerprint density at radius 1 is 1.06 bits per heavy atom. The molecule has 1 N–H and O–H groups in total. The van der Waals surface area contributed by atoms with Crippen LogP contribution in [0.15, 0.2) is 71.8 Å². The summed E-state index contributed by atoms with van der Waals surface area (Å²) < 4.78 is 3.04. The number of likely N-dealkylation sites (N-methyl/N-ethyl adjacent to an activating group) is 1. The minimum atomic E-state index is -0.300. The highest BCUT2D eigenvalue weighted by Crippen LogP contribution is 2.29. The molecule has 2 aromatic carbocycles. The maximum atomic E-state index is 12.6. The molecule has 0 bridgehead atoms. The summed E-state index contributed by atoms with van der Waals surface area (Å²) in [6.45, 7) is 5.37. The van der Waals surface area contributed by atoms with E-state index in [0.29, 0.717) is 6.54 Å². The van der Waals surface area contributed by atoms with Crippen molar-refractivity contribution in [2.75, 3.05) is 20.1 Å². The molecule has 1 aliphatic rings. The molecule has 166 valence electrons. The maximum Gasteiger partial charge on any atom is 0.350 e. The number of carbonyl (C=O) groups excluding carboxylic acids is 1. The quantitative estimate of drug-likeness (QED) is 0.651. The SMILES string of the molecule is CNC(=O)C(c1ccccc1)N1CC=C(c2ccc(-n3cnn(C(C)C)c3=O)cc2)CC1. The largest absolute Gasteiger partial charge is 0.358 e. The van der Waals surface area contributed by atoms with Crippen LogP contribution in [0.5, 0.6) is 0 Å². The molecule has 7 nitrogen and oxygen atoms in total. The van der Waals surface area contributed by atoms with Gasteiger partial charge in [0.1, 0.15) is 12.4 Å². The summed E-state index contributed by atoms with van der Waals surface area (Å²) in [4.78, 5) is 27.3. The number of hydrogen-bond acceptors (Lipinski definition) is 4. The van der Waals surface area contributed by atoms with E-state index in [1.165, 1.54) is 10.3 Å². The van der Waals surface area contributed by atoms with Crippen LogP contribution in [0.1, 0.15) is 43.5 Å². The third-order valence-electron chi connectivity index (χ3n) is 5.91. The summed E-state index contributed by atoms with van der Waals surface area (Å²) in [5.74, 6) is 0.00443. The van der Waals surface area contributed by atoms with E-state index in [1.54, 1.807) is 17.9 Å². The Morgan fingerprint density at radius 3 is 2.34 bits per heavy atom. The fraction of sp³-hybridized carbons (Fsp3) is 0.320. The second-order valence-corrected chi connectivity index (χ2v) is 8.27. The minimum Gasteiger partial charge on any atom is -0.358 e. The van der Waals surface area contributed by atoms with Gasteiger partial charge < -0.3 is 5.32 Å². The van der Waals surface area contributed by atoms with E-state index in [-0.39, 0.29) is 23.7 Å². The maximum absolute atomic E-state index is 12.6. The Hall–Kier alpha value is -3.45. The molecule has 1 atom stereocenters. The van der Waals surface area contributed by atoms with Gasteiger partial charge in [0, 0.05) is 20.1 Å². The second-order valence-electron chi connectivity index (χ2n) is 8.27. The lowest BCUT2D eigenvalue weighted by Gasteiger charge is -2.33. The summed E-state index contributed by atoms with van der Waals surface area (Å²) in [5.41, 5.74) is 4.05. The third-order valence-corrected chi connectivity index (χ3v) is 5.91. The fourth-order valence-electron chi connectivity index (χ4n) is 4.17. The van der Waals surface area contributed by atoms with Crippen molar-refractivity contribution in [2.24, 2.45) is 0 Å². The average molecular weight is 432 g/mol. The number of nitrogens with one attached hydrogen (secondary N) is 1. The topological polar surface area (TPSA) is 72.2 Å². The lowest BCUT2D eigenvalue weighted by Crippen LogP contribution is -2.41. The number of hydrogen-bond donors (Lipinski definition) is 1. The molecule has 1 aliphatic heterocycles. The lowest BCUT2D eigenvalue weighted by molar-refractivity contribution is -0.126. The predicted molar refractivity (Wildman–Crippen MR) is 126 cm³/mol. The van der Waals surface area contributed by atoms with Gasteiger partial charge in [-0.2, -0.15) is 5.10 Å². The Balaban J connectivity index is 1.51. The molecule has 0 saturated heterocycles. The van der Waals surface area contributed by atoms with E-state index in [0.717, 1.165) is 29.8 Å². The predicted octanol–water partition coefficient (Wildman–Crippen LogP) is 3.19. The standard InChI is InChI=1S/C25H29N5O2/c1-18(2)30-25(32)29(17-27-30)22-11-9-19(10-12-22)20-13-15-28(16-14-20)23(24(31)26-3)21-7-5-4-6-8-21/h4-13,17-18,23H,14-16H2,1-3H3,(H,26,31). The lowest BCUT2D eigenvalue weighted by atomic mass is 9.96. The van der Waals surface area contributed by atoms with E-state index in [2.05, 4.69) is 21.4 Å². The summed E-state index contributed by atoms with van der Waals surface area (Å²) in [7, 11) is 1.68. The van der Waals surface area contributed by atoms with E-state index in [1.807, 2.05) is 68.4 Å². The van der Waals surface area contributed by atoms with Crippen molar-refractivity contribution in [1.82, 2.24) is 24.6 Å². The van der Waals surface area contributed by atoms with Crippen LogP contribution in [0.2, 0.25) is 0 Å². The molecule has 1 aromatic heterocycles. The minimum absolute atomic E-state index is 0.00443. The van der Waals surface area contributed by atoms with Gasteiger partial charge in [-0.3, -0.25) is 9.69 Å². The molecule has 4 rings (SSSR count). The van der Waals surface area contributed by atoms with Crippen LogP contribution in [-0.4, -0.2) is 45.3 Å².